The molecule has 0 saturated carbocycles. The highest BCUT2D eigenvalue weighted by Gasteiger charge is 2.35. The van der Waals surface area contributed by atoms with Crippen molar-refractivity contribution in [2.45, 2.75) is 38.5 Å². The molecule has 1 heterocycles. The number of primary amides is 1. The Morgan fingerprint density at radius 1 is 1.25 bits per heavy atom. The highest BCUT2D eigenvalue weighted by atomic mass is 16.5. The standard InChI is InChI=1S/C15H20N2O3/c1-10-3-5-11(6-4-10)9-17(2)15(19)13-8-7-12(20-13)14(16)18/h3-6,12-13H,7-9H2,1-2H3,(H2,16,18)/t12-,13-/m0/s1. The number of benzene rings is 1. The number of ether oxygens (including phenoxy) is 1. The van der Waals surface area contributed by atoms with Gasteiger partial charge >= 0.3 is 0 Å². The molecule has 1 aromatic carbocycles. The Balaban J connectivity index is 1.92. The fourth-order valence-corrected chi connectivity index (χ4v) is 2.32. The molecule has 108 valence electrons. The van der Waals surface area contributed by atoms with Crippen LogP contribution in [0.4, 0.5) is 0 Å². The maximum Gasteiger partial charge on any atom is 0.251 e. The molecule has 1 aliphatic rings. The topological polar surface area (TPSA) is 72.6 Å². The minimum atomic E-state index is -0.628. The second-order valence-corrected chi connectivity index (χ2v) is 5.27. The zero-order valence-corrected chi connectivity index (χ0v) is 11.8. The second-order valence-electron chi connectivity index (χ2n) is 5.27. The number of carbonyl (C=O) groups excluding carboxylic acids is 2. The van der Waals surface area contributed by atoms with Crippen LogP contribution in [-0.2, 0) is 20.9 Å². The van der Waals surface area contributed by atoms with Crippen molar-refractivity contribution in [2.75, 3.05) is 7.05 Å². The van der Waals surface area contributed by atoms with Crippen molar-refractivity contribution >= 4 is 11.8 Å². The fraction of sp³-hybridized carbons (Fsp3) is 0.467. The molecular weight excluding hydrogens is 256 g/mol. The molecule has 2 amide bonds. The van der Waals surface area contributed by atoms with E-state index >= 15 is 0 Å². The summed E-state index contributed by atoms with van der Waals surface area (Å²) in [4.78, 5) is 24.9. The lowest BCUT2D eigenvalue weighted by molar-refractivity contribution is -0.145. The predicted octanol–water partition coefficient (Wildman–Crippen LogP) is 0.986. The van der Waals surface area contributed by atoms with Gasteiger partial charge in [0.05, 0.1) is 0 Å². The molecule has 0 aliphatic carbocycles. The van der Waals surface area contributed by atoms with E-state index in [9.17, 15) is 9.59 Å². The van der Waals surface area contributed by atoms with E-state index in [0.717, 1.165) is 5.56 Å². The maximum atomic E-state index is 12.2. The summed E-state index contributed by atoms with van der Waals surface area (Å²) in [6.45, 7) is 2.55. The van der Waals surface area contributed by atoms with E-state index in [1.54, 1.807) is 11.9 Å². The van der Waals surface area contributed by atoms with Crippen LogP contribution >= 0.6 is 0 Å². The minimum absolute atomic E-state index is 0.102. The van der Waals surface area contributed by atoms with E-state index in [-0.39, 0.29) is 5.91 Å². The first kappa shape index (κ1) is 14.5. The largest absolute Gasteiger partial charge is 0.367 e. The van der Waals surface area contributed by atoms with Crippen LogP contribution in [0.5, 0.6) is 0 Å². The second kappa shape index (κ2) is 6.05. The molecule has 1 aromatic rings. The lowest BCUT2D eigenvalue weighted by Crippen LogP contribution is -2.37. The minimum Gasteiger partial charge on any atom is -0.367 e. The Morgan fingerprint density at radius 2 is 1.85 bits per heavy atom. The maximum absolute atomic E-state index is 12.2. The highest BCUT2D eigenvalue weighted by molar-refractivity contribution is 5.84. The van der Waals surface area contributed by atoms with Crippen molar-refractivity contribution in [3.8, 4) is 0 Å². The van der Waals surface area contributed by atoms with E-state index < -0.39 is 18.1 Å². The lowest BCUT2D eigenvalue weighted by Gasteiger charge is -2.21. The van der Waals surface area contributed by atoms with E-state index in [1.165, 1.54) is 5.56 Å². The molecular formula is C15H20N2O3. The van der Waals surface area contributed by atoms with Crippen molar-refractivity contribution in [2.24, 2.45) is 5.73 Å². The van der Waals surface area contributed by atoms with Crippen LogP contribution in [0.2, 0.25) is 0 Å². The first-order chi connectivity index (χ1) is 9.47. The monoisotopic (exact) mass is 276 g/mol. The molecule has 2 N–H and O–H groups in total. The summed E-state index contributed by atoms with van der Waals surface area (Å²) >= 11 is 0. The Morgan fingerprint density at radius 3 is 2.40 bits per heavy atom. The summed E-state index contributed by atoms with van der Waals surface area (Å²) in [6.07, 6.45) is -0.117. The number of nitrogens with two attached hydrogens (primary N) is 1. The number of aryl methyl sites for hydroxylation is 1. The van der Waals surface area contributed by atoms with Crippen LogP contribution < -0.4 is 5.73 Å². The van der Waals surface area contributed by atoms with Gasteiger partial charge in [0.2, 0.25) is 5.91 Å². The van der Waals surface area contributed by atoms with E-state index in [0.29, 0.717) is 19.4 Å². The van der Waals surface area contributed by atoms with Crippen LogP contribution in [0.25, 0.3) is 0 Å². The normalized spacial score (nSPS) is 21.7. The van der Waals surface area contributed by atoms with E-state index in [4.69, 9.17) is 10.5 Å². The number of likely N-dealkylation sites (N-methyl/N-ethyl adjacent to an activating group) is 1. The summed E-state index contributed by atoms with van der Waals surface area (Å²) in [5.74, 6) is -0.601. The molecule has 5 nitrogen and oxygen atoms in total. The molecule has 0 aromatic heterocycles. The summed E-state index contributed by atoms with van der Waals surface area (Å²) < 4.78 is 5.40. The molecule has 0 unspecified atom stereocenters. The van der Waals surface area contributed by atoms with Gasteiger partial charge in [-0.05, 0) is 25.3 Å². The third-order valence-corrected chi connectivity index (χ3v) is 3.53. The summed E-state index contributed by atoms with van der Waals surface area (Å²) in [5, 5.41) is 0. The SMILES string of the molecule is Cc1ccc(CN(C)C(=O)[C@@H]2CC[C@@H](C(N)=O)O2)cc1. The zero-order chi connectivity index (χ0) is 14.7. The van der Waals surface area contributed by atoms with Gasteiger partial charge in [0, 0.05) is 13.6 Å². The average molecular weight is 276 g/mol. The third kappa shape index (κ3) is 3.36. The Labute approximate surface area is 118 Å². The Bertz CT molecular complexity index is 498. The van der Waals surface area contributed by atoms with Crippen LogP contribution in [0.1, 0.15) is 24.0 Å². The Kier molecular flexibility index (Phi) is 4.39. The van der Waals surface area contributed by atoms with Crippen molar-refractivity contribution in [1.82, 2.24) is 4.90 Å². The highest BCUT2D eigenvalue weighted by Crippen LogP contribution is 2.21. The average Bonchev–Trinajstić information content (AvgIpc) is 2.90. The van der Waals surface area contributed by atoms with Gasteiger partial charge in [-0.15, -0.1) is 0 Å². The van der Waals surface area contributed by atoms with Crippen LogP contribution in [0.15, 0.2) is 24.3 Å². The number of rotatable bonds is 4. The molecule has 2 atom stereocenters. The van der Waals surface area contributed by atoms with Crippen molar-refractivity contribution < 1.29 is 14.3 Å². The number of amides is 2. The van der Waals surface area contributed by atoms with Gasteiger partial charge in [0.1, 0.15) is 12.2 Å². The lowest BCUT2D eigenvalue weighted by atomic mass is 10.1. The van der Waals surface area contributed by atoms with Crippen LogP contribution in [-0.4, -0.2) is 36.0 Å². The van der Waals surface area contributed by atoms with Gasteiger partial charge in [-0.25, -0.2) is 0 Å². The molecule has 1 fully saturated rings. The molecule has 1 aliphatic heterocycles. The number of hydrogen-bond donors (Lipinski definition) is 1. The van der Waals surface area contributed by atoms with Gasteiger partial charge in [0.15, 0.2) is 0 Å². The fourth-order valence-electron chi connectivity index (χ4n) is 2.32. The van der Waals surface area contributed by atoms with Crippen LogP contribution in [0, 0.1) is 6.92 Å². The van der Waals surface area contributed by atoms with Gasteiger partial charge in [-0.3, -0.25) is 9.59 Å². The van der Waals surface area contributed by atoms with Crippen molar-refractivity contribution in [1.29, 1.82) is 0 Å². The number of hydrogen-bond acceptors (Lipinski definition) is 3. The smallest absolute Gasteiger partial charge is 0.251 e. The molecule has 0 radical (unpaired) electrons. The van der Waals surface area contributed by atoms with Crippen molar-refractivity contribution in [3.63, 3.8) is 0 Å². The molecule has 2 rings (SSSR count). The quantitative estimate of drug-likeness (QED) is 0.891. The van der Waals surface area contributed by atoms with Gasteiger partial charge in [0.25, 0.3) is 5.91 Å². The summed E-state index contributed by atoms with van der Waals surface area (Å²) in [5.41, 5.74) is 7.44. The first-order valence-electron chi connectivity index (χ1n) is 6.72. The Hall–Kier alpha value is -1.88. The van der Waals surface area contributed by atoms with Gasteiger partial charge in [-0.1, -0.05) is 29.8 Å². The van der Waals surface area contributed by atoms with Gasteiger partial charge in [-0.2, -0.15) is 0 Å². The number of carbonyl (C=O) groups is 2. The number of nitrogens with zero attached hydrogens (tertiary/aromatic N) is 1. The van der Waals surface area contributed by atoms with E-state index in [1.807, 2.05) is 31.2 Å². The van der Waals surface area contributed by atoms with E-state index in [2.05, 4.69) is 0 Å². The third-order valence-electron chi connectivity index (χ3n) is 3.53. The molecule has 1 saturated heterocycles. The van der Waals surface area contributed by atoms with Gasteiger partial charge < -0.3 is 15.4 Å². The molecule has 0 bridgehead atoms. The molecule has 0 spiro atoms. The molecule has 5 heteroatoms. The summed E-state index contributed by atoms with van der Waals surface area (Å²) in [7, 11) is 1.74. The van der Waals surface area contributed by atoms with Crippen molar-refractivity contribution in [3.05, 3.63) is 35.4 Å². The zero-order valence-electron chi connectivity index (χ0n) is 11.8. The summed E-state index contributed by atoms with van der Waals surface area (Å²) in [6, 6.07) is 8.04. The molecule has 20 heavy (non-hydrogen) atoms. The predicted molar refractivity (Wildman–Crippen MR) is 74.7 cm³/mol. The van der Waals surface area contributed by atoms with Crippen LogP contribution in [0.3, 0.4) is 0 Å². The first-order valence-corrected chi connectivity index (χ1v) is 6.72.